The molecular weight excluding hydrogens is 348 g/mol. The minimum absolute atomic E-state index is 0.594. The highest BCUT2D eigenvalue weighted by molar-refractivity contribution is 5.76. The van der Waals surface area contributed by atoms with E-state index in [1.165, 1.54) is 0 Å². The Kier molecular flexibility index (Phi) is 4.03. The number of nitrogens with zero attached hydrogens (tertiary/aromatic N) is 4. The van der Waals surface area contributed by atoms with Crippen molar-refractivity contribution in [2.75, 3.05) is 0 Å². The maximum absolute atomic E-state index is 5.71. The van der Waals surface area contributed by atoms with Crippen LogP contribution >= 0.6 is 0 Å². The molecule has 0 saturated carbocycles. The van der Waals surface area contributed by atoms with Crippen molar-refractivity contribution in [3.05, 3.63) is 96.5 Å². The maximum atomic E-state index is 5.71. The Morgan fingerprint density at radius 3 is 2.39 bits per heavy atom. The van der Waals surface area contributed by atoms with Crippen LogP contribution in [0.3, 0.4) is 0 Å². The van der Waals surface area contributed by atoms with Gasteiger partial charge in [0.2, 0.25) is 5.89 Å². The van der Waals surface area contributed by atoms with Crippen molar-refractivity contribution in [1.82, 2.24) is 20.0 Å². The number of fused-ring (bicyclic) bond motifs is 1. The molecule has 28 heavy (non-hydrogen) atoms. The van der Waals surface area contributed by atoms with Gasteiger partial charge in [0.15, 0.2) is 5.58 Å². The molecule has 0 unspecified atom stereocenters. The molecule has 0 N–H and O–H groups in total. The van der Waals surface area contributed by atoms with Crippen molar-refractivity contribution in [2.45, 2.75) is 0 Å². The summed E-state index contributed by atoms with van der Waals surface area (Å²) in [5.74, 6) is 0.594. The first kappa shape index (κ1) is 16.2. The van der Waals surface area contributed by atoms with Gasteiger partial charge in [-0.2, -0.15) is 9.90 Å². The molecule has 0 aliphatic rings. The molecule has 0 saturated heterocycles. The number of benzene rings is 3. The van der Waals surface area contributed by atoms with E-state index in [9.17, 15) is 0 Å². The van der Waals surface area contributed by atoms with E-state index in [1.54, 1.807) is 11.0 Å². The standard InChI is InChI=1S/C23H16N4O/c1-2-6-19(7-3-1)27-24-16-21(26-27)18-13-10-17(11-14-18)12-15-23-25-20-8-4-5-9-22(20)28-23/h1-16H. The monoisotopic (exact) mass is 364 g/mol. The average molecular weight is 364 g/mol. The Bertz CT molecular complexity index is 1220. The maximum Gasteiger partial charge on any atom is 0.220 e. The van der Waals surface area contributed by atoms with E-state index in [1.807, 2.05) is 91.0 Å². The highest BCUT2D eigenvalue weighted by Crippen LogP contribution is 2.20. The van der Waals surface area contributed by atoms with Crippen molar-refractivity contribution in [3.63, 3.8) is 0 Å². The fraction of sp³-hybridized carbons (Fsp3) is 0. The van der Waals surface area contributed by atoms with Gasteiger partial charge in [-0.15, -0.1) is 5.10 Å². The molecule has 5 rings (SSSR count). The lowest BCUT2D eigenvalue weighted by molar-refractivity contribution is 0.590. The highest BCUT2D eigenvalue weighted by atomic mass is 16.3. The van der Waals surface area contributed by atoms with Crippen molar-refractivity contribution in [1.29, 1.82) is 0 Å². The van der Waals surface area contributed by atoms with Crippen LogP contribution in [-0.2, 0) is 0 Å². The van der Waals surface area contributed by atoms with Crippen LogP contribution in [0.4, 0.5) is 0 Å². The van der Waals surface area contributed by atoms with Crippen LogP contribution in [0, 0.1) is 0 Å². The zero-order valence-corrected chi connectivity index (χ0v) is 14.9. The summed E-state index contributed by atoms with van der Waals surface area (Å²) in [6.45, 7) is 0. The van der Waals surface area contributed by atoms with E-state index in [0.29, 0.717) is 5.89 Å². The molecule has 0 aliphatic carbocycles. The lowest BCUT2D eigenvalue weighted by Crippen LogP contribution is -1.97. The van der Waals surface area contributed by atoms with E-state index in [0.717, 1.165) is 33.6 Å². The van der Waals surface area contributed by atoms with Crippen LogP contribution in [0.2, 0.25) is 0 Å². The lowest BCUT2D eigenvalue weighted by atomic mass is 10.1. The van der Waals surface area contributed by atoms with E-state index in [4.69, 9.17) is 4.42 Å². The van der Waals surface area contributed by atoms with Crippen LogP contribution in [-0.4, -0.2) is 20.0 Å². The number of aromatic nitrogens is 4. The summed E-state index contributed by atoms with van der Waals surface area (Å²) in [6, 6.07) is 25.7. The number of hydrogen-bond donors (Lipinski definition) is 0. The Hall–Kier alpha value is -3.99. The van der Waals surface area contributed by atoms with Gasteiger partial charge in [0.1, 0.15) is 11.2 Å². The van der Waals surface area contributed by atoms with Gasteiger partial charge in [-0.1, -0.05) is 54.6 Å². The summed E-state index contributed by atoms with van der Waals surface area (Å²) in [6.07, 6.45) is 5.63. The summed E-state index contributed by atoms with van der Waals surface area (Å²) in [5, 5.41) is 8.91. The van der Waals surface area contributed by atoms with Crippen LogP contribution in [0.15, 0.2) is 89.5 Å². The second kappa shape index (κ2) is 6.96. The van der Waals surface area contributed by atoms with Gasteiger partial charge < -0.3 is 4.42 Å². The number of rotatable bonds is 4. The second-order valence-corrected chi connectivity index (χ2v) is 6.33. The zero-order chi connectivity index (χ0) is 18.8. The van der Waals surface area contributed by atoms with Gasteiger partial charge in [-0.05, 0) is 35.9 Å². The molecular formula is C23H16N4O. The van der Waals surface area contributed by atoms with Gasteiger partial charge in [0.25, 0.3) is 0 Å². The molecule has 5 nitrogen and oxygen atoms in total. The fourth-order valence-electron chi connectivity index (χ4n) is 2.97. The van der Waals surface area contributed by atoms with Crippen LogP contribution < -0.4 is 0 Å². The number of oxazole rings is 1. The van der Waals surface area contributed by atoms with E-state index < -0.39 is 0 Å². The highest BCUT2D eigenvalue weighted by Gasteiger charge is 2.05. The molecule has 5 heteroatoms. The zero-order valence-electron chi connectivity index (χ0n) is 14.9. The molecule has 0 radical (unpaired) electrons. The quantitative estimate of drug-likeness (QED) is 0.437. The van der Waals surface area contributed by atoms with Gasteiger partial charge in [-0.3, -0.25) is 0 Å². The van der Waals surface area contributed by atoms with Crippen LogP contribution in [0.5, 0.6) is 0 Å². The molecule has 2 aromatic heterocycles. The van der Waals surface area contributed by atoms with Gasteiger partial charge in [0, 0.05) is 11.6 Å². The summed E-state index contributed by atoms with van der Waals surface area (Å²) >= 11 is 0. The van der Waals surface area contributed by atoms with Gasteiger partial charge >= 0.3 is 0 Å². The third-order valence-electron chi connectivity index (χ3n) is 4.41. The van der Waals surface area contributed by atoms with Gasteiger partial charge in [-0.25, -0.2) is 4.98 Å². The molecule has 0 spiro atoms. The third-order valence-corrected chi connectivity index (χ3v) is 4.41. The molecule has 0 fully saturated rings. The first-order valence-electron chi connectivity index (χ1n) is 8.97. The first-order valence-corrected chi connectivity index (χ1v) is 8.97. The van der Waals surface area contributed by atoms with Gasteiger partial charge in [0.05, 0.1) is 11.9 Å². The molecule has 5 aromatic rings. The Morgan fingerprint density at radius 2 is 1.57 bits per heavy atom. The van der Waals surface area contributed by atoms with Crippen molar-refractivity contribution < 1.29 is 4.42 Å². The minimum Gasteiger partial charge on any atom is -0.437 e. The molecule has 0 bridgehead atoms. The van der Waals surface area contributed by atoms with Crippen molar-refractivity contribution in [2.24, 2.45) is 0 Å². The van der Waals surface area contributed by atoms with Crippen LogP contribution in [0.1, 0.15) is 11.5 Å². The molecule has 3 aromatic carbocycles. The lowest BCUT2D eigenvalue weighted by Gasteiger charge is -1.99. The fourth-order valence-corrected chi connectivity index (χ4v) is 2.97. The first-order chi connectivity index (χ1) is 13.8. The van der Waals surface area contributed by atoms with E-state index in [2.05, 4.69) is 15.2 Å². The molecule has 0 atom stereocenters. The topological polar surface area (TPSA) is 56.7 Å². The average Bonchev–Trinajstić information content (AvgIpc) is 3.40. The number of para-hydroxylation sites is 3. The molecule has 2 heterocycles. The van der Waals surface area contributed by atoms with Crippen LogP contribution in [0.25, 0.3) is 40.2 Å². The normalized spacial score (nSPS) is 11.4. The largest absolute Gasteiger partial charge is 0.437 e. The Morgan fingerprint density at radius 1 is 0.786 bits per heavy atom. The number of hydrogen-bond acceptors (Lipinski definition) is 4. The second-order valence-electron chi connectivity index (χ2n) is 6.33. The molecule has 0 amide bonds. The van der Waals surface area contributed by atoms with Crippen molar-refractivity contribution in [3.8, 4) is 16.9 Å². The summed E-state index contributed by atoms with van der Waals surface area (Å²) in [4.78, 5) is 6.09. The summed E-state index contributed by atoms with van der Waals surface area (Å²) < 4.78 is 5.71. The summed E-state index contributed by atoms with van der Waals surface area (Å²) in [5.41, 5.74) is 5.49. The predicted octanol–water partition coefficient (Wildman–Crippen LogP) is 5.25. The van der Waals surface area contributed by atoms with E-state index >= 15 is 0 Å². The molecule has 0 aliphatic heterocycles. The van der Waals surface area contributed by atoms with Crippen molar-refractivity contribution >= 4 is 23.3 Å². The smallest absolute Gasteiger partial charge is 0.220 e. The van der Waals surface area contributed by atoms with E-state index in [-0.39, 0.29) is 0 Å². The SMILES string of the molecule is C(=Cc1nc2ccccc2o1)c1ccc(-c2cnn(-c3ccccc3)n2)cc1. The summed E-state index contributed by atoms with van der Waals surface area (Å²) in [7, 11) is 0. The Labute approximate surface area is 161 Å². The Balaban J connectivity index is 1.35. The molecule has 134 valence electrons. The predicted molar refractivity (Wildman–Crippen MR) is 110 cm³/mol. The minimum atomic E-state index is 0.594. The third kappa shape index (κ3) is 3.21.